The molecule has 0 heterocycles. The summed E-state index contributed by atoms with van der Waals surface area (Å²) in [6.07, 6.45) is 2.62. The molecule has 0 aromatic heterocycles. The maximum absolute atomic E-state index is 11.3. The Balaban J connectivity index is 2.34. The molecule has 1 N–H and O–H groups in total. The quantitative estimate of drug-likeness (QED) is 0.611. The zero-order valence-corrected chi connectivity index (χ0v) is 12.5. The Morgan fingerprint density at radius 1 is 1.37 bits per heavy atom. The number of hydrogen-bond donors (Lipinski definition) is 1. The van der Waals surface area contributed by atoms with E-state index in [1.54, 1.807) is 18.4 Å². The third kappa shape index (κ3) is 5.53. The van der Waals surface area contributed by atoms with Crippen LogP contribution in [0.5, 0.6) is 0 Å². The summed E-state index contributed by atoms with van der Waals surface area (Å²) in [7, 11) is 0.613. The van der Waals surface area contributed by atoms with Crippen LogP contribution in [-0.2, 0) is 22.1 Å². The molecule has 0 saturated heterocycles. The first-order valence-corrected chi connectivity index (χ1v) is 7.87. The van der Waals surface area contributed by atoms with Gasteiger partial charge in [-0.1, -0.05) is 19.1 Å². The van der Waals surface area contributed by atoms with Crippen LogP contribution in [0.2, 0.25) is 0 Å². The zero-order chi connectivity index (χ0) is 14.3. The largest absolute Gasteiger partial charge is 0.465 e. The average molecular weight is 283 g/mol. The molecule has 0 aliphatic rings. The van der Waals surface area contributed by atoms with Gasteiger partial charge in [-0.2, -0.15) is 0 Å². The van der Waals surface area contributed by atoms with E-state index in [4.69, 9.17) is 0 Å². The Hall–Kier alpha value is -1.20. The van der Waals surface area contributed by atoms with Gasteiger partial charge < -0.3 is 10.1 Å². The van der Waals surface area contributed by atoms with Crippen molar-refractivity contribution in [1.82, 2.24) is 5.32 Å². The fourth-order valence-corrected chi connectivity index (χ4v) is 2.03. The third-order valence-electron chi connectivity index (χ3n) is 3.00. The van der Waals surface area contributed by atoms with Gasteiger partial charge in [0.2, 0.25) is 0 Å². The van der Waals surface area contributed by atoms with Crippen LogP contribution in [0.3, 0.4) is 0 Å². The lowest BCUT2D eigenvalue weighted by molar-refractivity contribution is 0.0600. The highest BCUT2D eigenvalue weighted by Gasteiger charge is 2.06. The van der Waals surface area contributed by atoms with Crippen molar-refractivity contribution >= 4 is 16.8 Å². The van der Waals surface area contributed by atoms with Crippen molar-refractivity contribution in [3.05, 3.63) is 35.4 Å². The smallest absolute Gasteiger partial charge is 0.337 e. The standard InChI is InChI=1S/C14H21NO3S/c1-11(19(3)17)8-9-15-10-12-4-6-13(7-5-12)14(16)18-2/h4-7,11,15H,8-10H2,1-3H3. The van der Waals surface area contributed by atoms with Crippen molar-refractivity contribution in [3.63, 3.8) is 0 Å². The number of carbonyl (C=O) groups excluding carboxylic acids is 1. The number of rotatable bonds is 7. The van der Waals surface area contributed by atoms with Gasteiger partial charge in [0, 0.05) is 28.9 Å². The van der Waals surface area contributed by atoms with E-state index in [1.807, 2.05) is 19.1 Å². The molecule has 0 spiro atoms. The molecule has 0 aliphatic heterocycles. The van der Waals surface area contributed by atoms with Gasteiger partial charge in [-0.05, 0) is 30.7 Å². The Labute approximate surface area is 117 Å². The van der Waals surface area contributed by atoms with Crippen LogP contribution in [-0.4, -0.2) is 35.3 Å². The second-order valence-corrected chi connectivity index (χ2v) is 6.27. The summed E-state index contributed by atoms with van der Waals surface area (Å²) in [6, 6.07) is 7.32. The molecule has 1 rings (SSSR count). The van der Waals surface area contributed by atoms with Gasteiger partial charge in [-0.3, -0.25) is 4.21 Å². The number of carbonyl (C=O) groups is 1. The van der Waals surface area contributed by atoms with Crippen molar-refractivity contribution in [3.8, 4) is 0 Å². The van der Waals surface area contributed by atoms with Crippen molar-refractivity contribution in [2.24, 2.45) is 0 Å². The second kappa shape index (κ2) is 8.07. The number of methoxy groups -OCH3 is 1. The Bertz CT molecular complexity index is 431. The highest BCUT2D eigenvalue weighted by atomic mass is 32.2. The lowest BCUT2D eigenvalue weighted by atomic mass is 10.1. The summed E-state index contributed by atoms with van der Waals surface area (Å²) in [5, 5.41) is 3.52. The van der Waals surface area contributed by atoms with Crippen LogP contribution in [0.15, 0.2) is 24.3 Å². The van der Waals surface area contributed by atoms with Crippen LogP contribution in [0.4, 0.5) is 0 Å². The van der Waals surface area contributed by atoms with E-state index in [0.29, 0.717) is 5.56 Å². The summed E-state index contributed by atoms with van der Waals surface area (Å²) in [4.78, 5) is 11.3. The van der Waals surface area contributed by atoms with Crippen LogP contribution in [0.1, 0.15) is 29.3 Å². The number of ether oxygens (including phenoxy) is 1. The molecule has 2 atom stereocenters. The number of esters is 1. The number of nitrogens with one attached hydrogen (secondary N) is 1. The molecular formula is C14H21NO3S. The molecule has 1 aromatic carbocycles. The van der Waals surface area contributed by atoms with Crippen molar-refractivity contribution in [2.45, 2.75) is 25.1 Å². The van der Waals surface area contributed by atoms with Gasteiger partial charge in [0.05, 0.1) is 12.7 Å². The fraction of sp³-hybridized carbons (Fsp3) is 0.500. The van der Waals surface area contributed by atoms with Crippen LogP contribution in [0, 0.1) is 0 Å². The van der Waals surface area contributed by atoms with Crippen LogP contribution >= 0.6 is 0 Å². The van der Waals surface area contributed by atoms with Crippen molar-refractivity contribution in [1.29, 1.82) is 0 Å². The first-order valence-electron chi connectivity index (χ1n) is 6.24. The molecule has 0 radical (unpaired) electrons. The first-order chi connectivity index (χ1) is 9.04. The van der Waals surface area contributed by atoms with E-state index in [2.05, 4.69) is 10.1 Å². The maximum Gasteiger partial charge on any atom is 0.337 e. The van der Waals surface area contributed by atoms with E-state index in [1.165, 1.54) is 7.11 Å². The van der Waals surface area contributed by atoms with Gasteiger partial charge in [0.25, 0.3) is 0 Å². The average Bonchev–Trinajstić information content (AvgIpc) is 2.43. The predicted octanol–water partition coefficient (Wildman–Crippen LogP) is 1.72. The van der Waals surface area contributed by atoms with Gasteiger partial charge in [-0.15, -0.1) is 0 Å². The Morgan fingerprint density at radius 2 is 2.00 bits per heavy atom. The van der Waals surface area contributed by atoms with Crippen molar-refractivity contribution < 1.29 is 13.7 Å². The molecule has 2 unspecified atom stereocenters. The molecule has 1 aromatic rings. The summed E-state index contributed by atoms with van der Waals surface area (Å²) >= 11 is 0. The molecule has 4 nitrogen and oxygen atoms in total. The first kappa shape index (κ1) is 15.9. The molecule has 5 heteroatoms. The van der Waals surface area contributed by atoms with Gasteiger partial charge >= 0.3 is 5.97 Å². The number of benzene rings is 1. The molecule has 0 saturated carbocycles. The highest BCUT2D eigenvalue weighted by Crippen LogP contribution is 2.06. The summed E-state index contributed by atoms with van der Waals surface area (Å²) in [5.41, 5.74) is 1.67. The van der Waals surface area contributed by atoms with Gasteiger partial charge in [0.1, 0.15) is 0 Å². The van der Waals surface area contributed by atoms with E-state index in [9.17, 15) is 9.00 Å². The normalized spacial score (nSPS) is 13.8. The Morgan fingerprint density at radius 3 is 2.53 bits per heavy atom. The number of hydrogen-bond acceptors (Lipinski definition) is 4. The van der Waals surface area contributed by atoms with Gasteiger partial charge in [-0.25, -0.2) is 4.79 Å². The predicted molar refractivity (Wildman–Crippen MR) is 77.6 cm³/mol. The van der Waals surface area contributed by atoms with E-state index in [0.717, 1.165) is 25.1 Å². The molecule has 0 bridgehead atoms. The summed E-state index contributed by atoms with van der Waals surface area (Å²) < 4.78 is 15.8. The van der Waals surface area contributed by atoms with E-state index in [-0.39, 0.29) is 11.2 Å². The summed E-state index contributed by atoms with van der Waals surface area (Å²) in [6.45, 7) is 3.56. The topological polar surface area (TPSA) is 55.4 Å². The Kier molecular flexibility index (Phi) is 6.73. The molecular weight excluding hydrogens is 262 g/mol. The van der Waals surface area contributed by atoms with E-state index < -0.39 is 10.8 Å². The molecule has 106 valence electrons. The fourth-order valence-electron chi connectivity index (χ4n) is 1.58. The lowest BCUT2D eigenvalue weighted by Gasteiger charge is -2.09. The van der Waals surface area contributed by atoms with Crippen LogP contribution in [0.25, 0.3) is 0 Å². The molecule has 0 fully saturated rings. The minimum absolute atomic E-state index is 0.217. The lowest BCUT2D eigenvalue weighted by Crippen LogP contribution is -2.20. The molecule has 0 aliphatic carbocycles. The maximum atomic E-state index is 11.3. The van der Waals surface area contributed by atoms with E-state index >= 15 is 0 Å². The SMILES string of the molecule is COC(=O)c1ccc(CNCCC(C)S(C)=O)cc1. The zero-order valence-electron chi connectivity index (χ0n) is 11.6. The molecule has 0 amide bonds. The van der Waals surface area contributed by atoms with Gasteiger partial charge in [0.15, 0.2) is 0 Å². The highest BCUT2D eigenvalue weighted by molar-refractivity contribution is 7.84. The van der Waals surface area contributed by atoms with Crippen LogP contribution < -0.4 is 5.32 Å². The minimum atomic E-state index is -0.759. The third-order valence-corrected chi connectivity index (χ3v) is 4.37. The monoisotopic (exact) mass is 283 g/mol. The van der Waals surface area contributed by atoms with Crippen molar-refractivity contribution in [2.75, 3.05) is 19.9 Å². The minimum Gasteiger partial charge on any atom is -0.465 e. The summed E-state index contributed by atoms with van der Waals surface area (Å²) in [5.74, 6) is -0.321. The molecule has 19 heavy (non-hydrogen) atoms. The second-order valence-electron chi connectivity index (χ2n) is 4.46.